The van der Waals surface area contributed by atoms with Crippen molar-refractivity contribution < 1.29 is 18.7 Å². The second kappa shape index (κ2) is 6.08. The molecule has 1 aromatic carbocycles. The van der Waals surface area contributed by atoms with Crippen LogP contribution in [0.1, 0.15) is 33.5 Å². The number of carbonyl (C=O) groups excluding carboxylic acids is 2. The van der Waals surface area contributed by atoms with Gasteiger partial charge in [-0.25, -0.2) is 9.37 Å². The lowest BCUT2D eigenvalue weighted by Crippen LogP contribution is -2.23. The molecule has 9 nitrogen and oxygen atoms in total. The predicted octanol–water partition coefficient (Wildman–Crippen LogP) is 1.44. The van der Waals surface area contributed by atoms with Gasteiger partial charge in [0.05, 0.1) is 17.8 Å². The van der Waals surface area contributed by atoms with Crippen LogP contribution in [0.5, 0.6) is 5.75 Å². The van der Waals surface area contributed by atoms with Gasteiger partial charge in [0.15, 0.2) is 11.5 Å². The molecule has 0 aliphatic carbocycles. The third-order valence-electron chi connectivity index (χ3n) is 4.46. The summed E-state index contributed by atoms with van der Waals surface area (Å²) in [7, 11) is 0. The molecule has 0 unspecified atom stereocenters. The van der Waals surface area contributed by atoms with Crippen molar-refractivity contribution in [3.63, 3.8) is 0 Å². The van der Waals surface area contributed by atoms with Crippen molar-refractivity contribution in [1.82, 2.24) is 19.3 Å². The van der Waals surface area contributed by atoms with Crippen molar-refractivity contribution in [2.45, 2.75) is 26.9 Å². The van der Waals surface area contributed by atoms with Gasteiger partial charge in [-0.15, -0.1) is 0 Å². The van der Waals surface area contributed by atoms with Crippen LogP contribution in [0, 0.1) is 12.7 Å². The van der Waals surface area contributed by atoms with E-state index in [1.165, 1.54) is 17.7 Å². The van der Waals surface area contributed by atoms with Gasteiger partial charge in [0.25, 0.3) is 5.91 Å². The first-order valence-electron chi connectivity index (χ1n) is 8.41. The Kier molecular flexibility index (Phi) is 3.83. The molecule has 2 amide bonds. The first-order chi connectivity index (χ1) is 12.9. The van der Waals surface area contributed by atoms with E-state index in [0.717, 1.165) is 0 Å². The second-order valence-corrected chi connectivity index (χ2v) is 6.16. The molecule has 1 aliphatic rings. The Balaban J connectivity index is 1.78. The quantitative estimate of drug-likeness (QED) is 0.719. The van der Waals surface area contributed by atoms with E-state index in [2.05, 4.69) is 15.4 Å². The summed E-state index contributed by atoms with van der Waals surface area (Å²) in [6.45, 7) is 4.41. The number of amides is 2. The Labute approximate surface area is 152 Å². The maximum atomic E-state index is 14.3. The average molecular weight is 372 g/mol. The standard InChI is InChI=1S/C17H17FN6O3/c1-3-24-14(12(18)8(2)22-24)16(26)21-17-20-10-6-9(15(19)25)7-11-13(10)23(17)4-5-27-11/h6-7H,3-5H2,1-2H3,(H2,19,25)(H,20,21,26). The summed E-state index contributed by atoms with van der Waals surface area (Å²) in [5, 5.41) is 6.66. The van der Waals surface area contributed by atoms with E-state index < -0.39 is 17.6 Å². The number of hydrogen-bond acceptors (Lipinski definition) is 5. The molecule has 4 rings (SSSR count). The number of hydrogen-bond donors (Lipinski definition) is 2. The van der Waals surface area contributed by atoms with Gasteiger partial charge >= 0.3 is 0 Å². The largest absolute Gasteiger partial charge is 0.489 e. The minimum atomic E-state index is -0.663. The molecule has 0 saturated carbocycles. The fourth-order valence-electron chi connectivity index (χ4n) is 3.21. The Hall–Kier alpha value is -3.43. The minimum absolute atomic E-state index is 0.151. The van der Waals surface area contributed by atoms with E-state index in [-0.39, 0.29) is 22.9 Å². The van der Waals surface area contributed by atoms with E-state index in [4.69, 9.17) is 10.5 Å². The highest BCUT2D eigenvalue weighted by atomic mass is 19.1. The summed E-state index contributed by atoms with van der Waals surface area (Å²) in [5.41, 5.74) is 6.70. The number of nitrogens with zero attached hydrogens (tertiary/aromatic N) is 4. The van der Waals surface area contributed by atoms with Crippen molar-refractivity contribution in [3.8, 4) is 5.75 Å². The van der Waals surface area contributed by atoms with Gasteiger partial charge in [-0.3, -0.25) is 19.6 Å². The third kappa shape index (κ3) is 2.60. The Morgan fingerprint density at radius 2 is 2.19 bits per heavy atom. The van der Waals surface area contributed by atoms with Crippen LogP contribution in [0.3, 0.4) is 0 Å². The first kappa shape index (κ1) is 17.0. The average Bonchev–Trinajstić information content (AvgIpc) is 3.13. The lowest BCUT2D eigenvalue weighted by atomic mass is 10.1. The van der Waals surface area contributed by atoms with E-state index in [0.29, 0.717) is 36.5 Å². The molecule has 0 radical (unpaired) electrons. The number of benzene rings is 1. The Morgan fingerprint density at radius 1 is 1.41 bits per heavy atom. The predicted molar refractivity (Wildman–Crippen MR) is 94.3 cm³/mol. The zero-order valence-corrected chi connectivity index (χ0v) is 14.7. The smallest absolute Gasteiger partial charge is 0.279 e. The van der Waals surface area contributed by atoms with Crippen molar-refractivity contribution in [3.05, 3.63) is 34.9 Å². The summed E-state index contributed by atoms with van der Waals surface area (Å²) in [4.78, 5) is 28.6. The van der Waals surface area contributed by atoms with Gasteiger partial charge in [-0.1, -0.05) is 0 Å². The summed E-state index contributed by atoms with van der Waals surface area (Å²) in [5.74, 6) is -1.22. The van der Waals surface area contributed by atoms with Crippen LogP contribution in [-0.2, 0) is 13.1 Å². The fraction of sp³-hybridized carbons (Fsp3) is 0.294. The lowest BCUT2D eigenvalue weighted by molar-refractivity contribution is 0.0994. The van der Waals surface area contributed by atoms with Crippen molar-refractivity contribution in [1.29, 1.82) is 0 Å². The van der Waals surface area contributed by atoms with Crippen LogP contribution in [0.25, 0.3) is 11.0 Å². The van der Waals surface area contributed by atoms with Gasteiger partial charge < -0.3 is 15.0 Å². The molecular weight excluding hydrogens is 355 g/mol. The van der Waals surface area contributed by atoms with Gasteiger partial charge in [-0.05, 0) is 26.0 Å². The molecule has 27 heavy (non-hydrogen) atoms. The van der Waals surface area contributed by atoms with Crippen molar-refractivity contribution >= 4 is 28.8 Å². The molecule has 1 aliphatic heterocycles. The normalized spacial score (nSPS) is 12.9. The van der Waals surface area contributed by atoms with E-state index >= 15 is 0 Å². The fourth-order valence-corrected chi connectivity index (χ4v) is 3.21. The Morgan fingerprint density at radius 3 is 2.89 bits per heavy atom. The SMILES string of the molecule is CCn1nc(C)c(F)c1C(=O)Nc1nc2cc(C(N)=O)cc3c2n1CCO3. The van der Waals surface area contributed by atoms with Crippen molar-refractivity contribution in [2.24, 2.45) is 5.73 Å². The van der Waals surface area contributed by atoms with Crippen LogP contribution in [0.15, 0.2) is 12.1 Å². The molecule has 0 bridgehead atoms. The number of rotatable bonds is 4. The van der Waals surface area contributed by atoms with Crippen LogP contribution < -0.4 is 15.8 Å². The minimum Gasteiger partial charge on any atom is -0.489 e. The molecule has 3 aromatic rings. The third-order valence-corrected chi connectivity index (χ3v) is 4.46. The van der Waals surface area contributed by atoms with Gasteiger partial charge in [0.1, 0.15) is 17.9 Å². The zero-order chi connectivity index (χ0) is 19.3. The molecule has 2 aromatic heterocycles. The number of nitrogens with two attached hydrogens (primary N) is 1. The number of anilines is 1. The highest BCUT2D eigenvalue weighted by Gasteiger charge is 2.26. The number of halogens is 1. The molecular formula is C17H17FN6O3. The zero-order valence-electron chi connectivity index (χ0n) is 14.7. The molecule has 140 valence electrons. The lowest BCUT2D eigenvalue weighted by Gasteiger charge is -2.18. The van der Waals surface area contributed by atoms with Crippen molar-refractivity contribution in [2.75, 3.05) is 11.9 Å². The summed E-state index contributed by atoms with van der Waals surface area (Å²) in [6, 6.07) is 3.08. The van der Waals surface area contributed by atoms with Crippen LogP contribution in [0.4, 0.5) is 10.3 Å². The van der Waals surface area contributed by atoms with Crippen LogP contribution in [0.2, 0.25) is 0 Å². The van der Waals surface area contributed by atoms with Crippen LogP contribution in [-0.4, -0.2) is 37.8 Å². The number of aromatic nitrogens is 4. The molecule has 3 heterocycles. The number of imidazole rings is 1. The molecule has 0 fully saturated rings. The highest BCUT2D eigenvalue weighted by Crippen LogP contribution is 2.33. The maximum absolute atomic E-state index is 14.3. The number of carbonyl (C=O) groups is 2. The van der Waals surface area contributed by atoms with E-state index in [1.807, 2.05) is 0 Å². The van der Waals surface area contributed by atoms with E-state index in [1.54, 1.807) is 17.6 Å². The molecule has 0 saturated heterocycles. The number of primary amides is 1. The van der Waals surface area contributed by atoms with Gasteiger partial charge in [0.2, 0.25) is 11.9 Å². The second-order valence-electron chi connectivity index (χ2n) is 6.16. The number of aryl methyl sites for hydroxylation is 2. The summed E-state index contributed by atoms with van der Waals surface area (Å²) >= 11 is 0. The highest BCUT2D eigenvalue weighted by molar-refractivity contribution is 6.04. The monoisotopic (exact) mass is 372 g/mol. The van der Waals surface area contributed by atoms with Gasteiger partial charge in [-0.2, -0.15) is 5.10 Å². The van der Waals surface area contributed by atoms with Gasteiger partial charge in [0, 0.05) is 12.1 Å². The number of nitrogens with one attached hydrogen (secondary N) is 1. The summed E-state index contributed by atoms with van der Waals surface area (Å²) in [6.07, 6.45) is 0. The summed E-state index contributed by atoms with van der Waals surface area (Å²) < 4.78 is 23.0. The molecule has 0 spiro atoms. The molecule has 0 atom stereocenters. The number of ether oxygens (including phenoxy) is 1. The molecule has 3 N–H and O–H groups in total. The van der Waals surface area contributed by atoms with Crippen LogP contribution >= 0.6 is 0 Å². The Bertz CT molecular complexity index is 1100. The first-order valence-corrected chi connectivity index (χ1v) is 8.41. The van der Waals surface area contributed by atoms with E-state index in [9.17, 15) is 14.0 Å². The topological polar surface area (TPSA) is 117 Å². The maximum Gasteiger partial charge on any atom is 0.279 e. The molecule has 10 heteroatoms.